The number of nitrogens with zero attached hydrogens (tertiary/aromatic N) is 1. The van der Waals surface area contributed by atoms with E-state index >= 15 is 0 Å². The van der Waals surface area contributed by atoms with Crippen molar-refractivity contribution in [1.29, 1.82) is 0 Å². The lowest BCUT2D eigenvalue weighted by Crippen LogP contribution is -2.26. The third-order valence-electron chi connectivity index (χ3n) is 1.71. The second-order valence-corrected chi connectivity index (χ2v) is 4.91. The normalized spacial score (nSPS) is 11.8. The maximum absolute atomic E-state index is 12.2. The monoisotopic (exact) mass is 253 g/mol. The highest BCUT2D eigenvalue weighted by Crippen LogP contribution is 2.51. The Bertz CT molecular complexity index is 248. The Morgan fingerprint density at radius 3 is 2.00 bits per heavy atom. The third-order valence-corrected chi connectivity index (χ3v) is 3.97. The van der Waals surface area contributed by atoms with Crippen LogP contribution in [-0.4, -0.2) is 37.1 Å². The second kappa shape index (κ2) is 7.79. The molecule has 0 heterocycles. The smallest absolute Gasteiger partial charge is 0.410 e. The zero-order valence-electron chi connectivity index (χ0n) is 10.3. The first-order valence-electron chi connectivity index (χ1n) is 5.28. The summed E-state index contributed by atoms with van der Waals surface area (Å²) < 4.78 is 28.7. The van der Waals surface area contributed by atoms with E-state index < -0.39 is 13.7 Å². The third kappa shape index (κ3) is 5.07. The predicted molar refractivity (Wildman–Crippen MR) is 59.9 cm³/mol. The van der Waals surface area contributed by atoms with E-state index in [-0.39, 0.29) is 19.9 Å². The summed E-state index contributed by atoms with van der Waals surface area (Å²) in [7, 11) is -3.33. The molecule has 96 valence electrons. The maximum atomic E-state index is 12.2. The molecule has 0 aliphatic rings. The van der Waals surface area contributed by atoms with Crippen molar-refractivity contribution in [3.05, 3.63) is 0 Å². The molecule has 0 bridgehead atoms. The van der Waals surface area contributed by atoms with Gasteiger partial charge in [0.25, 0.3) is 0 Å². The van der Waals surface area contributed by atoms with E-state index in [1.54, 1.807) is 20.8 Å². The van der Waals surface area contributed by atoms with E-state index in [1.165, 1.54) is 11.6 Å². The van der Waals surface area contributed by atoms with Crippen molar-refractivity contribution in [2.75, 3.05) is 26.5 Å². The van der Waals surface area contributed by atoms with Crippen LogP contribution in [0, 0.1) is 0 Å². The SMILES string of the molecule is CCOP(=O)(OCC)N(CC)COC(C)=O. The lowest BCUT2D eigenvalue weighted by atomic mass is 10.7. The van der Waals surface area contributed by atoms with Gasteiger partial charge in [-0.3, -0.25) is 13.8 Å². The van der Waals surface area contributed by atoms with E-state index in [2.05, 4.69) is 0 Å². The van der Waals surface area contributed by atoms with Crippen molar-refractivity contribution < 1.29 is 23.1 Å². The fourth-order valence-corrected chi connectivity index (χ4v) is 2.63. The van der Waals surface area contributed by atoms with Crippen molar-refractivity contribution in [3.8, 4) is 0 Å². The molecule has 0 aromatic rings. The van der Waals surface area contributed by atoms with Gasteiger partial charge in [-0.1, -0.05) is 6.92 Å². The molecule has 0 rings (SSSR count). The van der Waals surface area contributed by atoms with Crippen LogP contribution < -0.4 is 0 Å². The lowest BCUT2D eigenvalue weighted by Gasteiger charge is -2.27. The summed E-state index contributed by atoms with van der Waals surface area (Å²) in [6.45, 7) is 7.39. The van der Waals surface area contributed by atoms with Gasteiger partial charge < -0.3 is 4.74 Å². The number of ether oxygens (including phenoxy) is 1. The van der Waals surface area contributed by atoms with Crippen LogP contribution in [-0.2, 0) is 23.1 Å². The minimum atomic E-state index is -3.33. The summed E-state index contributed by atoms with van der Waals surface area (Å²) in [4.78, 5) is 10.7. The van der Waals surface area contributed by atoms with Crippen LogP contribution >= 0.6 is 7.75 Å². The van der Waals surface area contributed by atoms with Gasteiger partial charge in [0, 0.05) is 13.5 Å². The number of hydrogen-bond acceptors (Lipinski definition) is 5. The Balaban J connectivity index is 4.57. The molecule has 0 spiro atoms. The van der Waals surface area contributed by atoms with E-state index in [1.807, 2.05) is 0 Å². The van der Waals surface area contributed by atoms with Crippen LogP contribution in [0.1, 0.15) is 27.7 Å². The molecule has 0 aromatic heterocycles. The summed E-state index contributed by atoms with van der Waals surface area (Å²) in [5.74, 6) is -0.432. The molecule has 0 amide bonds. The zero-order valence-corrected chi connectivity index (χ0v) is 11.2. The lowest BCUT2D eigenvalue weighted by molar-refractivity contribution is -0.144. The Morgan fingerprint density at radius 1 is 1.19 bits per heavy atom. The van der Waals surface area contributed by atoms with Gasteiger partial charge in [-0.25, -0.2) is 4.57 Å². The molecule has 0 saturated heterocycles. The van der Waals surface area contributed by atoms with Crippen molar-refractivity contribution in [2.24, 2.45) is 0 Å². The van der Waals surface area contributed by atoms with Gasteiger partial charge in [0.15, 0.2) is 6.73 Å². The molecule has 0 aliphatic heterocycles. The maximum Gasteiger partial charge on any atom is 0.410 e. The highest BCUT2D eigenvalue weighted by Gasteiger charge is 2.32. The zero-order chi connectivity index (χ0) is 12.6. The van der Waals surface area contributed by atoms with Crippen LogP contribution in [0.25, 0.3) is 0 Å². The van der Waals surface area contributed by atoms with Gasteiger partial charge in [-0.15, -0.1) is 0 Å². The molecule has 0 aliphatic carbocycles. The van der Waals surface area contributed by atoms with Crippen LogP contribution in [0.4, 0.5) is 0 Å². The topological polar surface area (TPSA) is 65.1 Å². The second-order valence-electron chi connectivity index (χ2n) is 2.89. The Kier molecular flexibility index (Phi) is 7.58. The fourth-order valence-electron chi connectivity index (χ4n) is 1.03. The van der Waals surface area contributed by atoms with Crippen molar-refractivity contribution >= 4 is 13.7 Å². The van der Waals surface area contributed by atoms with Gasteiger partial charge in [0.1, 0.15) is 0 Å². The Hall–Kier alpha value is -0.420. The minimum Gasteiger partial charge on any atom is -0.449 e. The standard InChI is InChI=1S/C9H20NO5P/c1-5-10(8-13-9(4)11)16(12,14-6-2)15-7-3/h5-8H2,1-4H3. The summed E-state index contributed by atoms with van der Waals surface area (Å²) in [5, 5.41) is 0. The number of carbonyl (C=O) groups excluding carboxylic acids is 1. The molecule has 0 unspecified atom stereocenters. The molecule has 0 radical (unpaired) electrons. The number of carbonyl (C=O) groups is 1. The number of rotatable bonds is 8. The molecule has 0 fully saturated rings. The molecular formula is C9H20NO5P. The summed E-state index contributed by atoms with van der Waals surface area (Å²) in [6, 6.07) is 0. The fraction of sp³-hybridized carbons (Fsp3) is 0.889. The van der Waals surface area contributed by atoms with Gasteiger partial charge in [0.05, 0.1) is 13.2 Å². The molecule has 0 saturated carbocycles. The highest BCUT2D eigenvalue weighted by molar-refractivity contribution is 7.51. The van der Waals surface area contributed by atoms with Crippen LogP contribution in [0.3, 0.4) is 0 Å². The molecule has 0 aromatic carbocycles. The molecular weight excluding hydrogens is 233 g/mol. The predicted octanol–water partition coefficient (Wildman–Crippen LogP) is 2.01. The van der Waals surface area contributed by atoms with E-state index in [9.17, 15) is 9.36 Å². The van der Waals surface area contributed by atoms with Crippen LogP contribution in [0.15, 0.2) is 0 Å². The minimum absolute atomic E-state index is 0.0941. The molecule has 16 heavy (non-hydrogen) atoms. The summed E-state index contributed by atoms with van der Waals surface area (Å²) in [6.07, 6.45) is 0. The average molecular weight is 253 g/mol. The highest BCUT2D eigenvalue weighted by atomic mass is 31.2. The van der Waals surface area contributed by atoms with E-state index in [4.69, 9.17) is 13.8 Å². The van der Waals surface area contributed by atoms with Gasteiger partial charge in [-0.2, -0.15) is 4.67 Å². The summed E-state index contributed by atoms with van der Waals surface area (Å²) in [5.41, 5.74) is 0. The first kappa shape index (κ1) is 15.6. The van der Waals surface area contributed by atoms with E-state index in [0.29, 0.717) is 6.54 Å². The summed E-state index contributed by atoms with van der Waals surface area (Å²) >= 11 is 0. The molecule has 0 N–H and O–H groups in total. The van der Waals surface area contributed by atoms with Crippen molar-refractivity contribution in [1.82, 2.24) is 4.67 Å². The van der Waals surface area contributed by atoms with Crippen LogP contribution in [0.2, 0.25) is 0 Å². The average Bonchev–Trinajstić information content (AvgIpc) is 2.18. The molecule has 7 heteroatoms. The van der Waals surface area contributed by atoms with Crippen molar-refractivity contribution in [2.45, 2.75) is 27.7 Å². The van der Waals surface area contributed by atoms with Crippen molar-refractivity contribution in [3.63, 3.8) is 0 Å². The Morgan fingerprint density at radius 2 is 1.69 bits per heavy atom. The van der Waals surface area contributed by atoms with Gasteiger partial charge in [0.2, 0.25) is 0 Å². The van der Waals surface area contributed by atoms with Gasteiger partial charge >= 0.3 is 13.7 Å². The van der Waals surface area contributed by atoms with E-state index in [0.717, 1.165) is 0 Å². The number of esters is 1. The van der Waals surface area contributed by atoms with Crippen LogP contribution in [0.5, 0.6) is 0 Å². The largest absolute Gasteiger partial charge is 0.449 e. The molecule has 0 atom stereocenters. The number of hydrogen-bond donors (Lipinski definition) is 0. The first-order valence-corrected chi connectivity index (χ1v) is 6.77. The molecule has 6 nitrogen and oxygen atoms in total. The quantitative estimate of drug-likeness (QED) is 0.374. The van der Waals surface area contributed by atoms with Gasteiger partial charge in [-0.05, 0) is 13.8 Å². The Labute approximate surface area is 96.4 Å². The first-order chi connectivity index (χ1) is 7.50.